The van der Waals surface area contributed by atoms with Crippen LogP contribution in [0.5, 0.6) is 5.75 Å². The Labute approximate surface area is 172 Å². The molecule has 1 aliphatic rings. The summed E-state index contributed by atoms with van der Waals surface area (Å²) in [5.74, 6) is -0.126. The number of nitrogens with one attached hydrogen (secondary N) is 1. The number of ether oxygens (including phenoxy) is 1. The number of nitrogens with zero attached hydrogens (tertiary/aromatic N) is 4. The minimum absolute atomic E-state index is 0.0455. The summed E-state index contributed by atoms with van der Waals surface area (Å²) >= 11 is 0. The molecule has 0 fully saturated rings. The third kappa shape index (κ3) is 3.01. The van der Waals surface area contributed by atoms with Crippen LogP contribution in [0.4, 0.5) is 4.39 Å². The number of halogens is 1. The largest absolute Gasteiger partial charge is 0.497 e. The Balaban J connectivity index is 1.63. The first-order valence-electron chi connectivity index (χ1n) is 9.70. The van der Waals surface area contributed by atoms with Gasteiger partial charge in [0, 0.05) is 34.8 Å². The zero-order valence-corrected chi connectivity index (χ0v) is 16.4. The number of carbonyl (C=O) groups is 1. The summed E-state index contributed by atoms with van der Waals surface area (Å²) in [5.41, 5.74) is 3.37. The van der Waals surface area contributed by atoms with E-state index in [1.165, 1.54) is 30.5 Å². The van der Waals surface area contributed by atoms with Gasteiger partial charge in [-0.15, -0.1) is 0 Å². The van der Waals surface area contributed by atoms with Gasteiger partial charge in [0.05, 0.1) is 7.11 Å². The SMILES string of the molecule is COc1ccc([C@H]2c3[nH]c4ccccc4c3CCN2C(=O)Cn2cncn2)c(F)c1. The van der Waals surface area contributed by atoms with Crippen LogP contribution in [0.3, 0.4) is 0 Å². The van der Waals surface area contributed by atoms with Crippen molar-refractivity contribution in [1.82, 2.24) is 24.6 Å². The molecule has 2 aromatic carbocycles. The van der Waals surface area contributed by atoms with E-state index < -0.39 is 11.9 Å². The highest BCUT2D eigenvalue weighted by Gasteiger charge is 2.36. The molecule has 0 bridgehead atoms. The first-order valence-corrected chi connectivity index (χ1v) is 9.70. The third-order valence-corrected chi connectivity index (χ3v) is 5.62. The van der Waals surface area contributed by atoms with Crippen LogP contribution in [0, 0.1) is 5.82 Å². The number of hydrogen-bond acceptors (Lipinski definition) is 4. The molecule has 1 amide bonds. The highest BCUT2D eigenvalue weighted by atomic mass is 19.1. The minimum atomic E-state index is -0.567. The number of carbonyl (C=O) groups excluding carboxylic acids is 1. The molecular formula is C22H20FN5O2. The van der Waals surface area contributed by atoms with Crippen LogP contribution >= 0.6 is 0 Å². The van der Waals surface area contributed by atoms with Gasteiger partial charge in [-0.05, 0) is 30.2 Å². The number of fused-ring (bicyclic) bond motifs is 3. The lowest BCUT2D eigenvalue weighted by atomic mass is 9.92. The first kappa shape index (κ1) is 18.4. The number of benzene rings is 2. The van der Waals surface area contributed by atoms with Crippen molar-refractivity contribution in [3.8, 4) is 5.75 Å². The van der Waals surface area contributed by atoms with Gasteiger partial charge in [-0.25, -0.2) is 14.1 Å². The lowest BCUT2D eigenvalue weighted by molar-refractivity contribution is -0.134. The summed E-state index contributed by atoms with van der Waals surface area (Å²) in [6.45, 7) is 0.530. The Bertz CT molecular complexity index is 1220. The molecule has 30 heavy (non-hydrogen) atoms. The second-order valence-electron chi connectivity index (χ2n) is 7.28. The van der Waals surface area contributed by atoms with Crippen molar-refractivity contribution in [2.75, 3.05) is 13.7 Å². The molecule has 3 heterocycles. The van der Waals surface area contributed by atoms with E-state index in [0.29, 0.717) is 24.3 Å². The van der Waals surface area contributed by atoms with Gasteiger partial charge in [0.15, 0.2) is 0 Å². The number of amides is 1. The van der Waals surface area contributed by atoms with E-state index in [0.717, 1.165) is 22.2 Å². The predicted molar refractivity (Wildman–Crippen MR) is 109 cm³/mol. The van der Waals surface area contributed by atoms with Gasteiger partial charge in [-0.3, -0.25) is 4.79 Å². The maximum absolute atomic E-state index is 15.1. The second-order valence-corrected chi connectivity index (χ2v) is 7.28. The zero-order chi connectivity index (χ0) is 20.7. The molecule has 2 aromatic heterocycles. The third-order valence-electron chi connectivity index (χ3n) is 5.62. The number of rotatable bonds is 4. The molecule has 4 aromatic rings. The van der Waals surface area contributed by atoms with Crippen molar-refractivity contribution in [2.24, 2.45) is 0 Å². The fourth-order valence-corrected chi connectivity index (χ4v) is 4.23. The molecule has 152 valence electrons. The predicted octanol–water partition coefficient (Wildman–Crippen LogP) is 3.08. The van der Waals surface area contributed by atoms with Crippen LogP contribution in [0.15, 0.2) is 55.1 Å². The monoisotopic (exact) mass is 405 g/mol. The van der Waals surface area contributed by atoms with Gasteiger partial charge in [-0.1, -0.05) is 18.2 Å². The molecule has 8 heteroatoms. The molecule has 1 N–H and O–H groups in total. The summed E-state index contributed by atoms with van der Waals surface area (Å²) in [5, 5.41) is 5.13. The van der Waals surface area contributed by atoms with Crippen molar-refractivity contribution in [2.45, 2.75) is 19.0 Å². The normalized spacial score (nSPS) is 15.9. The summed E-state index contributed by atoms with van der Waals surface area (Å²) in [6, 6.07) is 12.2. The van der Waals surface area contributed by atoms with Crippen molar-refractivity contribution < 1.29 is 13.9 Å². The molecule has 0 saturated heterocycles. The smallest absolute Gasteiger partial charge is 0.245 e. The molecule has 0 saturated carbocycles. The van der Waals surface area contributed by atoms with Crippen LogP contribution in [0.1, 0.15) is 22.9 Å². The van der Waals surface area contributed by atoms with Gasteiger partial charge in [0.25, 0.3) is 0 Å². The summed E-state index contributed by atoms with van der Waals surface area (Å²) < 4.78 is 21.8. The Hall–Kier alpha value is -3.68. The van der Waals surface area contributed by atoms with Gasteiger partial charge >= 0.3 is 0 Å². The van der Waals surface area contributed by atoms with Crippen LogP contribution < -0.4 is 4.74 Å². The van der Waals surface area contributed by atoms with E-state index in [4.69, 9.17) is 4.74 Å². The summed E-state index contributed by atoms with van der Waals surface area (Å²) in [4.78, 5) is 22.2. The Morgan fingerprint density at radius 2 is 2.17 bits per heavy atom. The Morgan fingerprint density at radius 3 is 2.93 bits per heavy atom. The number of aromatic nitrogens is 4. The molecule has 0 radical (unpaired) electrons. The molecular weight excluding hydrogens is 385 g/mol. The minimum Gasteiger partial charge on any atom is -0.497 e. The topological polar surface area (TPSA) is 76.0 Å². The highest BCUT2D eigenvalue weighted by molar-refractivity contribution is 5.86. The molecule has 0 aliphatic carbocycles. The second kappa shape index (κ2) is 7.29. The standard InChI is InChI=1S/C22H20FN5O2/c1-30-14-6-7-17(18(23)10-14)22-21-16(15-4-2-3-5-19(15)26-21)8-9-28(22)20(29)11-27-13-24-12-25-27/h2-7,10,12-13,22,26H,8-9,11H2,1H3/t22-/m0/s1. The van der Waals surface area contributed by atoms with Crippen molar-refractivity contribution in [3.63, 3.8) is 0 Å². The Morgan fingerprint density at radius 1 is 1.30 bits per heavy atom. The number of aromatic amines is 1. The molecule has 7 nitrogen and oxygen atoms in total. The van der Waals surface area contributed by atoms with Gasteiger partial charge in [-0.2, -0.15) is 5.10 Å². The van der Waals surface area contributed by atoms with Gasteiger partial charge in [0.2, 0.25) is 5.91 Å². The lowest BCUT2D eigenvalue weighted by Crippen LogP contribution is -2.42. The van der Waals surface area contributed by atoms with E-state index in [1.54, 1.807) is 17.0 Å². The van der Waals surface area contributed by atoms with Crippen LogP contribution in [0.25, 0.3) is 10.9 Å². The van der Waals surface area contributed by atoms with Crippen molar-refractivity contribution in [3.05, 3.63) is 77.8 Å². The van der Waals surface area contributed by atoms with Crippen LogP contribution in [-0.4, -0.2) is 44.2 Å². The maximum Gasteiger partial charge on any atom is 0.245 e. The maximum atomic E-state index is 15.1. The Kier molecular flexibility index (Phi) is 4.46. The van der Waals surface area contributed by atoms with E-state index >= 15 is 4.39 Å². The van der Waals surface area contributed by atoms with E-state index in [9.17, 15) is 4.79 Å². The number of methoxy groups -OCH3 is 1. The summed E-state index contributed by atoms with van der Waals surface area (Å²) in [6.07, 6.45) is 3.58. The molecule has 1 aliphatic heterocycles. The molecule has 5 rings (SSSR count). The quantitative estimate of drug-likeness (QED) is 0.566. The van der Waals surface area contributed by atoms with Crippen molar-refractivity contribution in [1.29, 1.82) is 0 Å². The van der Waals surface area contributed by atoms with E-state index in [1.807, 2.05) is 18.2 Å². The van der Waals surface area contributed by atoms with Gasteiger partial charge < -0.3 is 14.6 Å². The number of H-pyrrole nitrogens is 1. The zero-order valence-electron chi connectivity index (χ0n) is 16.4. The highest BCUT2D eigenvalue weighted by Crippen LogP contribution is 2.40. The lowest BCUT2D eigenvalue weighted by Gasteiger charge is -2.36. The molecule has 0 spiro atoms. The number of hydrogen-bond donors (Lipinski definition) is 1. The van der Waals surface area contributed by atoms with Crippen molar-refractivity contribution >= 4 is 16.8 Å². The molecule has 1 atom stereocenters. The fourth-order valence-electron chi connectivity index (χ4n) is 4.23. The van der Waals surface area contributed by atoms with Crippen LogP contribution in [0.2, 0.25) is 0 Å². The van der Waals surface area contributed by atoms with E-state index in [2.05, 4.69) is 21.1 Å². The van der Waals surface area contributed by atoms with E-state index in [-0.39, 0.29) is 12.5 Å². The number of para-hydroxylation sites is 1. The van der Waals surface area contributed by atoms with Crippen LogP contribution in [-0.2, 0) is 17.8 Å². The molecule has 0 unspecified atom stereocenters. The average molecular weight is 405 g/mol. The first-order chi connectivity index (χ1) is 14.7. The fraction of sp³-hybridized carbons (Fsp3) is 0.227. The van der Waals surface area contributed by atoms with Gasteiger partial charge in [0.1, 0.15) is 36.8 Å². The average Bonchev–Trinajstić information content (AvgIpc) is 3.40. The summed E-state index contributed by atoms with van der Waals surface area (Å²) in [7, 11) is 1.50.